The number of aryl methyl sites for hydroxylation is 1. The third kappa shape index (κ3) is 3.42. The number of ketones is 1. The van der Waals surface area contributed by atoms with Crippen LogP contribution in [0.1, 0.15) is 42.3 Å². The van der Waals surface area contributed by atoms with E-state index in [1.54, 1.807) is 12.3 Å². The fraction of sp³-hybridized carbons (Fsp3) is 0.571. The quantitative estimate of drug-likeness (QED) is 0.778. The summed E-state index contributed by atoms with van der Waals surface area (Å²) in [6.07, 6.45) is 3.74. The zero-order valence-corrected chi connectivity index (χ0v) is 12.1. The molecule has 0 aliphatic heterocycles. The van der Waals surface area contributed by atoms with E-state index in [-0.39, 0.29) is 18.5 Å². The minimum absolute atomic E-state index is 0.0783. The number of hydrogen-bond acceptors (Lipinski definition) is 6. The molecule has 106 valence electrons. The highest BCUT2D eigenvalue weighted by Crippen LogP contribution is 2.26. The van der Waals surface area contributed by atoms with Crippen LogP contribution in [0.5, 0.6) is 0 Å². The number of thiazole rings is 1. The van der Waals surface area contributed by atoms with Crippen molar-refractivity contribution in [1.29, 1.82) is 5.26 Å². The second-order valence-electron chi connectivity index (χ2n) is 4.94. The van der Waals surface area contributed by atoms with Crippen LogP contribution in [0.25, 0.3) is 0 Å². The highest BCUT2D eigenvalue weighted by atomic mass is 32.1. The lowest BCUT2D eigenvalue weighted by atomic mass is 10.1. The van der Waals surface area contributed by atoms with Gasteiger partial charge in [0.2, 0.25) is 0 Å². The number of esters is 1. The molecule has 1 aliphatic rings. The summed E-state index contributed by atoms with van der Waals surface area (Å²) in [5.74, 6) is -1.74. The number of carbonyl (C=O) groups excluding carboxylic acids is 2. The lowest BCUT2D eigenvalue weighted by Crippen LogP contribution is -2.23. The maximum atomic E-state index is 12.0. The SMILES string of the molecule is Cc1csc([C@@H](C#N)C(=O)COC(=O)C2CCCC2)n1. The Labute approximate surface area is 121 Å². The fourth-order valence-electron chi connectivity index (χ4n) is 2.27. The normalized spacial score (nSPS) is 16.6. The van der Waals surface area contributed by atoms with Crippen molar-refractivity contribution in [2.45, 2.75) is 38.5 Å². The first-order valence-corrected chi connectivity index (χ1v) is 7.50. The molecule has 1 saturated carbocycles. The van der Waals surface area contributed by atoms with Crippen molar-refractivity contribution in [1.82, 2.24) is 4.98 Å². The van der Waals surface area contributed by atoms with Crippen LogP contribution < -0.4 is 0 Å². The smallest absolute Gasteiger partial charge is 0.309 e. The third-order valence-electron chi connectivity index (χ3n) is 3.38. The van der Waals surface area contributed by atoms with E-state index in [1.807, 2.05) is 6.07 Å². The fourth-order valence-corrected chi connectivity index (χ4v) is 3.14. The van der Waals surface area contributed by atoms with Gasteiger partial charge in [0.25, 0.3) is 0 Å². The van der Waals surface area contributed by atoms with Crippen LogP contribution in [0, 0.1) is 24.2 Å². The Morgan fingerprint density at radius 1 is 1.55 bits per heavy atom. The number of hydrogen-bond donors (Lipinski definition) is 0. The van der Waals surface area contributed by atoms with Gasteiger partial charge in [-0.1, -0.05) is 12.8 Å². The van der Waals surface area contributed by atoms with Gasteiger partial charge in [-0.05, 0) is 19.8 Å². The van der Waals surface area contributed by atoms with E-state index in [9.17, 15) is 9.59 Å². The van der Waals surface area contributed by atoms with E-state index < -0.39 is 11.7 Å². The van der Waals surface area contributed by atoms with Gasteiger partial charge in [0.15, 0.2) is 18.3 Å². The Hall–Kier alpha value is -1.74. The summed E-state index contributed by atoms with van der Waals surface area (Å²) in [6, 6.07) is 1.93. The van der Waals surface area contributed by atoms with Crippen LogP contribution in [-0.2, 0) is 14.3 Å². The molecule has 6 heteroatoms. The topological polar surface area (TPSA) is 80.0 Å². The summed E-state index contributed by atoms with van der Waals surface area (Å²) in [7, 11) is 0. The lowest BCUT2D eigenvalue weighted by Gasteiger charge is -2.10. The molecule has 0 N–H and O–H groups in total. The van der Waals surface area contributed by atoms with Crippen LogP contribution in [0.4, 0.5) is 0 Å². The molecule has 1 atom stereocenters. The molecule has 1 aromatic rings. The number of Topliss-reactive ketones (excluding diaryl/α,β-unsaturated/α-hetero) is 1. The summed E-state index contributed by atoms with van der Waals surface area (Å²) in [6.45, 7) is 1.46. The largest absolute Gasteiger partial charge is 0.457 e. The van der Waals surface area contributed by atoms with Gasteiger partial charge >= 0.3 is 5.97 Å². The lowest BCUT2D eigenvalue weighted by molar-refractivity contribution is -0.152. The summed E-state index contributed by atoms with van der Waals surface area (Å²) < 4.78 is 5.04. The molecule has 0 spiro atoms. The van der Waals surface area contributed by atoms with Crippen molar-refractivity contribution in [3.05, 3.63) is 16.1 Å². The molecule has 5 nitrogen and oxygen atoms in total. The second kappa shape index (κ2) is 6.62. The number of nitrogens with zero attached hydrogens (tertiary/aromatic N) is 2. The van der Waals surface area contributed by atoms with Crippen molar-refractivity contribution in [3.63, 3.8) is 0 Å². The molecule has 0 radical (unpaired) electrons. The van der Waals surface area contributed by atoms with E-state index in [2.05, 4.69) is 4.98 Å². The number of ether oxygens (including phenoxy) is 1. The first kappa shape index (κ1) is 14.7. The number of nitriles is 1. The summed E-state index contributed by atoms with van der Waals surface area (Å²) in [5, 5.41) is 11.3. The Balaban J connectivity index is 1.90. The van der Waals surface area contributed by atoms with Crippen LogP contribution in [0.3, 0.4) is 0 Å². The summed E-state index contributed by atoms with van der Waals surface area (Å²) >= 11 is 1.28. The standard InChI is InChI=1S/C14H16N2O3S/c1-9-8-20-13(16-9)11(6-15)12(17)7-19-14(18)10-4-2-3-5-10/h8,10-11H,2-5,7H2,1H3/t11-/m0/s1. The molecule has 0 bridgehead atoms. The average molecular weight is 292 g/mol. The molecule has 1 aliphatic carbocycles. The molecule has 1 aromatic heterocycles. The van der Waals surface area contributed by atoms with Gasteiger partial charge in [-0.25, -0.2) is 4.98 Å². The van der Waals surface area contributed by atoms with Crippen molar-refractivity contribution < 1.29 is 14.3 Å². The maximum Gasteiger partial charge on any atom is 0.309 e. The van der Waals surface area contributed by atoms with Gasteiger partial charge in [-0.15, -0.1) is 11.3 Å². The predicted octanol–water partition coefficient (Wildman–Crippen LogP) is 2.36. The zero-order valence-electron chi connectivity index (χ0n) is 11.3. The molecule has 0 unspecified atom stereocenters. The van der Waals surface area contributed by atoms with Crippen molar-refractivity contribution in [3.8, 4) is 6.07 Å². The summed E-state index contributed by atoms with van der Waals surface area (Å²) in [5.41, 5.74) is 0.779. The molecule has 1 fully saturated rings. The van der Waals surface area contributed by atoms with Gasteiger partial charge in [0.1, 0.15) is 5.01 Å². The predicted molar refractivity (Wildman–Crippen MR) is 73.1 cm³/mol. The van der Waals surface area contributed by atoms with Gasteiger partial charge in [0.05, 0.1) is 12.0 Å². The van der Waals surface area contributed by atoms with E-state index in [4.69, 9.17) is 10.00 Å². The highest BCUT2D eigenvalue weighted by Gasteiger charge is 2.27. The molecular formula is C14H16N2O3S. The van der Waals surface area contributed by atoms with E-state index in [0.717, 1.165) is 31.4 Å². The Morgan fingerprint density at radius 3 is 2.80 bits per heavy atom. The van der Waals surface area contributed by atoms with E-state index in [0.29, 0.717) is 5.01 Å². The minimum Gasteiger partial charge on any atom is -0.457 e. The minimum atomic E-state index is -0.940. The van der Waals surface area contributed by atoms with Gasteiger partial charge in [0, 0.05) is 11.1 Å². The number of rotatable bonds is 5. The Kier molecular flexibility index (Phi) is 4.85. The highest BCUT2D eigenvalue weighted by molar-refractivity contribution is 7.09. The number of carbonyl (C=O) groups is 2. The van der Waals surface area contributed by atoms with Crippen molar-refractivity contribution >= 4 is 23.1 Å². The molecule has 20 heavy (non-hydrogen) atoms. The van der Waals surface area contributed by atoms with E-state index in [1.165, 1.54) is 11.3 Å². The van der Waals surface area contributed by atoms with Crippen LogP contribution >= 0.6 is 11.3 Å². The monoisotopic (exact) mass is 292 g/mol. The van der Waals surface area contributed by atoms with Gasteiger partial charge in [-0.2, -0.15) is 5.26 Å². The van der Waals surface area contributed by atoms with Gasteiger partial charge < -0.3 is 4.74 Å². The summed E-state index contributed by atoms with van der Waals surface area (Å²) in [4.78, 5) is 27.8. The molecule has 1 heterocycles. The molecular weight excluding hydrogens is 276 g/mol. The average Bonchev–Trinajstić information content (AvgIpc) is 3.08. The second-order valence-corrected chi connectivity index (χ2v) is 5.83. The Morgan fingerprint density at radius 2 is 2.25 bits per heavy atom. The van der Waals surface area contributed by atoms with E-state index >= 15 is 0 Å². The molecule has 0 aromatic carbocycles. The zero-order chi connectivity index (χ0) is 14.5. The van der Waals surface area contributed by atoms with Gasteiger partial charge in [-0.3, -0.25) is 9.59 Å². The van der Waals surface area contributed by atoms with Crippen molar-refractivity contribution in [2.75, 3.05) is 6.61 Å². The first-order chi connectivity index (χ1) is 9.61. The van der Waals surface area contributed by atoms with Crippen LogP contribution in [0.2, 0.25) is 0 Å². The molecule has 2 rings (SSSR count). The maximum absolute atomic E-state index is 12.0. The number of aromatic nitrogens is 1. The van der Waals surface area contributed by atoms with Crippen LogP contribution in [0.15, 0.2) is 5.38 Å². The molecule has 0 amide bonds. The van der Waals surface area contributed by atoms with Crippen molar-refractivity contribution in [2.24, 2.45) is 5.92 Å². The third-order valence-corrected chi connectivity index (χ3v) is 4.41. The molecule has 0 saturated heterocycles. The Bertz CT molecular complexity index is 541. The first-order valence-electron chi connectivity index (χ1n) is 6.63. The van der Waals surface area contributed by atoms with Crippen LogP contribution in [-0.4, -0.2) is 23.3 Å².